The van der Waals surface area contributed by atoms with E-state index < -0.39 is 5.92 Å². The van der Waals surface area contributed by atoms with Gasteiger partial charge in [-0.05, 0) is 105 Å². The Morgan fingerprint density at radius 1 is 1.00 bits per heavy atom. The maximum Gasteiger partial charge on any atom is 0.255 e. The van der Waals surface area contributed by atoms with Crippen molar-refractivity contribution in [3.8, 4) is 11.1 Å². The molecule has 1 aromatic carbocycles. The van der Waals surface area contributed by atoms with Crippen molar-refractivity contribution in [1.82, 2.24) is 20.2 Å². The molecule has 6 nitrogen and oxygen atoms in total. The van der Waals surface area contributed by atoms with E-state index in [1.54, 1.807) is 6.20 Å². The number of halogens is 2. The average Bonchev–Trinajstić information content (AvgIpc) is 3.41. The van der Waals surface area contributed by atoms with Gasteiger partial charge in [-0.15, -0.1) is 0 Å². The van der Waals surface area contributed by atoms with Gasteiger partial charge in [0.05, 0.1) is 11.9 Å². The number of hydrogen-bond acceptors (Lipinski definition) is 5. The second kappa shape index (κ2) is 12.8. The number of nitrogens with one attached hydrogen (secondary N) is 2. The van der Waals surface area contributed by atoms with Crippen LogP contribution >= 0.6 is 0 Å². The van der Waals surface area contributed by atoms with Gasteiger partial charge < -0.3 is 10.6 Å². The molecule has 1 saturated heterocycles. The zero-order valence-electron chi connectivity index (χ0n) is 24.0. The van der Waals surface area contributed by atoms with Crippen molar-refractivity contribution in [2.45, 2.75) is 76.3 Å². The molecule has 8 heteroatoms. The van der Waals surface area contributed by atoms with Crippen LogP contribution in [0.5, 0.6) is 0 Å². The molecular weight excluding hydrogens is 532 g/mol. The van der Waals surface area contributed by atoms with Crippen LogP contribution in [0.3, 0.4) is 0 Å². The van der Waals surface area contributed by atoms with E-state index >= 15 is 0 Å². The summed E-state index contributed by atoms with van der Waals surface area (Å²) in [5, 5.41) is 6.49. The number of amides is 1. The van der Waals surface area contributed by atoms with Gasteiger partial charge in [-0.25, -0.2) is 8.78 Å². The molecule has 6 rings (SSSR count). The van der Waals surface area contributed by atoms with Gasteiger partial charge in [0.15, 0.2) is 0 Å². The van der Waals surface area contributed by atoms with Crippen molar-refractivity contribution < 1.29 is 13.6 Å². The summed E-state index contributed by atoms with van der Waals surface area (Å²) in [4.78, 5) is 25.2. The summed E-state index contributed by atoms with van der Waals surface area (Å²) in [6.45, 7) is 4.65. The van der Waals surface area contributed by atoms with Crippen molar-refractivity contribution in [3.63, 3.8) is 0 Å². The van der Waals surface area contributed by atoms with E-state index in [0.717, 1.165) is 60.5 Å². The third kappa shape index (κ3) is 6.93. The minimum Gasteiger partial charge on any atom is -0.321 e. The highest BCUT2D eigenvalue weighted by atomic mass is 19.3. The lowest BCUT2D eigenvalue weighted by atomic mass is 9.92. The van der Waals surface area contributed by atoms with Crippen molar-refractivity contribution in [3.05, 3.63) is 83.4 Å². The van der Waals surface area contributed by atoms with Gasteiger partial charge in [-0.3, -0.25) is 19.7 Å². The molecule has 1 unspecified atom stereocenters. The number of hydrogen-bond donors (Lipinski definition) is 2. The lowest BCUT2D eigenvalue weighted by Crippen LogP contribution is -2.21. The van der Waals surface area contributed by atoms with Crippen LogP contribution in [0.4, 0.5) is 14.5 Å². The standard InChI is InChI=1S/C34H39F2N5O/c35-34(36)12-3-5-25(11-13-34)32-10-9-29(22-39-32)40-33(42)30-6-4-14-37-20-27-8-7-26(18-31(27)30)28-17-24(19-38-21-28)23-41-15-1-2-16-41/h6-10,17-19,21-22,25,37H,1-5,11-16,20,23H2,(H,40,42)/b30-6+. The molecule has 2 aliphatic heterocycles. The van der Waals surface area contributed by atoms with Gasteiger partial charge in [-0.1, -0.05) is 18.2 Å². The van der Waals surface area contributed by atoms with E-state index in [2.05, 4.69) is 49.8 Å². The second-order valence-corrected chi connectivity index (χ2v) is 11.9. The molecule has 2 fully saturated rings. The molecule has 2 aromatic heterocycles. The van der Waals surface area contributed by atoms with Crippen LogP contribution < -0.4 is 10.6 Å². The number of fused-ring (bicyclic) bond motifs is 1. The summed E-state index contributed by atoms with van der Waals surface area (Å²) >= 11 is 0. The maximum atomic E-state index is 13.8. The molecule has 1 atom stereocenters. The largest absolute Gasteiger partial charge is 0.321 e. The molecular formula is C34H39F2N5O. The van der Waals surface area contributed by atoms with E-state index in [1.165, 1.54) is 18.4 Å². The topological polar surface area (TPSA) is 70.1 Å². The normalized spacial score (nSPS) is 22.2. The van der Waals surface area contributed by atoms with Crippen molar-refractivity contribution in [1.29, 1.82) is 0 Å². The van der Waals surface area contributed by atoms with Crippen molar-refractivity contribution in [2.75, 3.05) is 25.0 Å². The Hall–Kier alpha value is -3.49. The summed E-state index contributed by atoms with van der Waals surface area (Å²) in [5.74, 6) is -2.73. The van der Waals surface area contributed by atoms with Gasteiger partial charge in [0.25, 0.3) is 5.91 Å². The molecule has 0 radical (unpaired) electrons. The van der Waals surface area contributed by atoms with Crippen molar-refractivity contribution >= 4 is 17.2 Å². The first-order valence-electron chi connectivity index (χ1n) is 15.3. The van der Waals surface area contributed by atoms with E-state index in [-0.39, 0.29) is 24.7 Å². The van der Waals surface area contributed by atoms with E-state index in [1.807, 2.05) is 30.6 Å². The van der Waals surface area contributed by atoms with Crippen LogP contribution in [0.1, 0.15) is 79.7 Å². The second-order valence-electron chi connectivity index (χ2n) is 11.9. The predicted octanol–water partition coefficient (Wildman–Crippen LogP) is 6.94. The first kappa shape index (κ1) is 28.6. The Balaban J connectivity index is 1.20. The highest BCUT2D eigenvalue weighted by Gasteiger charge is 2.33. The number of benzene rings is 1. The number of aromatic nitrogens is 2. The Kier molecular flexibility index (Phi) is 8.72. The van der Waals surface area contributed by atoms with E-state index in [4.69, 9.17) is 0 Å². The fraction of sp³-hybridized carbons (Fsp3) is 0.441. The zero-order valence-corrected chi connectivity index (χ0v) is 24.0. The van der Waals surface area contributed by atoms with Gasteiger partial charge in [-0.2, -0.15) is 0 Å². The van der Waals surface area contributed by atoms with Gasteiger partial charge in [0, 0.05) is 61.1 Å². The number of pyridine rings is 2. The van der Waals surface area contributed by atoms with E-state index in [0.29, 0.717) is 37.1 Å². The first-order valence-corrected chi connectivity index (χ1v) is 15.3. The summed E-state index contributed by atoms with van der Waals surface area (Å²) in [7, 11) is 0. The Morgan fingerprint density at radius 2 is 1.88 bits per heavy atom. The van der Waals surface area contributed by atoms with Gasteiger partial charge in [0.2, 0.25) is 5.92 Å². The minimum absolute atomic E-state index is 0.0255. The summed E-state index contributed by atoms with van der Waals surface area (Å²) < 4.78 is 27.7. The van der Waals surface area contributed by atoms with E-state index in [9.17, 15) is 13.6 Å². The van der Waals surface area contributed by atoms with Gasteiger partial charge >= 0.3 is 0 Å². The van der Waals surface area contributed by atoms with Crippen LogP contribution in [-0.2, 0) is 17.9 Å². The summed E-state index contributed by atoms with van der Waals surface area (Å²) in [6, 6.07) is 12.2. The maximum absolute atomic E-state index is 13.8. The zero-order chi connectivity index (χ0) is 28.9. The smallest absolute Gasteiger partial charge is 0.255 e. The van der Waals surface area contributed by atoms with Crippen LogP contribution in [0, 0.1) is 0 Å². The fourth-order valence-electron chi connectivity index (χ4n) is 6.44. The van der Waals surface area contributed by atoms with Crippen LogP contribution in [0.15, 0.2) is 61.1 Å². The SMILES string of the molecule is O=C(Nc1ccc(C2CCCC(F)(F)CC2)nc1)/C1=C/CCNCc2ccc(-c3cncc(CN4CCCC4)c3)cc21. The number of carbonyl (C=O) groups is 1. The molecule has 0 bridgehead atoms. The molecule has 220 valence electrons. The molecule has 1 aliphatic carbocycles. The molecule has 3 aromatic rings. The highest BCUT2D eigenvalue weighted by Crippen LogP contribution is 2.38. The molecule has 1 amide bonds. The van der Waals surface area contributed by atoms with Crippen LogP contribution in [-0.4, -0.2) is 46.3 Å². The minimum atomic E-state index is -2.58. The Labute approximate surface area is 246 Å². The Bertz CT molecular complexity index is 1430. The summed E-state index contributed by atoms with van der Waals surface area (Å²) in [6.07, 6.45) is 12.2. The number of anilines is 1. The third-order valence-electron chi connectivity index (χ3n) is 8.78. The van der Waals surface area contributed by atoms with Crippen LogP contribution in [0.2, 0.25) is 0 Å². The van der Waals surface area contributed by atoms with Gasteiger partial charge in [0.1, 0.15) is 0 Å². The molecule has 1 saturated carbocycles. The Morgan fingerprint density at radius 3 is 2.71 bits per heavy atom. The number of nitrogens with zero attached hydrogens (tertiary/aromatic N) is 3. The van der Waals surface area contributed by atoms with Crippen LogP contribution in [0.25, 0.3) is 16.7 Å². The third-order valence-corrected chi connectivity index (χ3v) is 8.78. The predicted molar refractivity (Wildman–Crippen MR) is 162 cm³/mol. The molecule has 3 aliphatic rings. The number of likely N-dealkylation sites (tertiary alicyclic amines) is 1. The highest BCUT2D eigenvalue weighted by molar-refractivity contribution is 6.25. The molecule has 2 N–H and O–H groups in total. The lowest BCUT2D eigenvalue weighted by molar-refractivity contribution is -0.111. The quantitative estimate of drug-likeness (QED) is 0.314. The molecule has 42 heavy (non-hydrogen) atoms. The number of rotatable bonds is 6. The summed E-state index contributed by atoms with van der Waals surface area (Å²) in [5.41, 5.74) is 7.31. The molecule has 4 heterocycles. The monoisotopic (exact) mass is 571 g/mol. The lowest BCUT2D eigenvalue weighted by Gasteiger charge is -2.19. The first-order chi connectivity index (χ1) is 20.4. The molecule has 0 spiro atoms. The van der Waals surface area contributed by atoms with Crippen molar-refractivity contribution in [2.24, 2.45) is 0 Å². The number of alkyl halides is 2. The average molecular weight is 572 g/mol. The fourth-order valence-corrected chi connectivity index (χ4v) is 6.44. The number of carbonyl (C=O) groups excluding carboxylic acids is 1.